The van der Waals surface area contributed by atoms with Crippen LogP contribution in [0.15, 0.2) is 41.9 Å². The predicted molar refractivity (Wildman–Crippen MR) is 88.5 cm³/mol. The van der Waals surface area contributed by atoms with Crippen molar-refractivity contribution in [1.82, 2.24) is 10.6 Å². The summed E-state index contributed by atoms with van der Waals surface area (Å²) in [5, 5.41) is 6.31. The van der Waals surface area contributed by atoms with Gasteiger partial charge in [0.1, 0.15) is 5.82 Å². The molecular formula is C16H25FN4. The van der Waals surface area contributed by atoms with Crippen LogP contribution in [-0.2, 0) is 0 Å². The molecule has 0 saturated heterocycles. The summed E-state index contributed by atoms with van der Waals surface area (Å²) in [6, 6.07) is 6.81. The Morgan fingerprint density at radius 3 is 2.81 bits per heavy atom. The van der Waals surface area contributed by atoms with Gasteiger partial charge in [-0.05, 0) is 25.5 Å². The lowest BCUT2D eigenvalue weighted by Crippen LogP contribution is -2.37. The van der Waals surface area contributed by atoms with Crippen molar-refractivity contribution in [3.8, 4) is 0 Å². The van der Waals surface area contributed by atoms with Crippen molar-refractivity contribution < 1.29 is 4.39 Å². The predicted octanol–water partition coefficient (Wildman–Crippen LogP) is 2.39. The van der Waals surface area contributed by atoms with Gasteiger partial charge < -0.3 is 15.5 Å². The number of para-hydroxylation sites is 1. The van der Waals surface area contributed by atoms with Gasteiger partial charge in [0.05, 0.1) is 5.69 Å². The van der Waals surface area contributed by atoms with Crippen LogP contribution in [0.2, 0.25) is 0 Å². The maximum absolute atomic E-state index is 13.6. The fourth-order valence-corrected chi connectivity index (χ4v) is 1.89. The Kier molecular flexibility index (Phi) is 7.94. The van der Waals surface area contributed by atoms with Gasteiger partial charge in [-0.2, -0.15) is 0 Å². The monoisotopic (exact) mass is 292 g/mol. The summed E-state index contributed by atoms with van der Waals surface area (Å²) in [4.78, 5) is 6.38. The number of hydrogen-bond donors (Lipinski definition) is 2. The molecule has 0 aliphatic rings. The number of rotatable bonds is 8. The maximum atomic E-state index is 13.6. The SMILES string of the molecule is C=CCNC(=NCCCN(C)c1ccccc1F)NCC. The highest BCUT2D eigenvalue weighted by atomic mass is 19.1. The molecule has 116 valence electrons. The van der Waals surface area contributed by atoms with Gasteiger partial charge in [0.25, 0.3) is 0 Å². The van der Waals surface area contributed by atoms with Crippen LogP contribution >= 0.6 is 0 Å². The summed E-state index contributed by atoms with van der Waals surface area (Å²) in [6.07, 6.45) is 2.65. The molecule has 21 heavy (non-hydrogen) atoms. The zero-order valence-corrected chi connectivity index (χ0v) is 12.9. The molecule has 0 heterocycles. The molecule has 2 N–H and O–H groups in total. The molecule has 0 aliphatic carbocycles. The largest absolute Gasteiger partial charge is 0.372 e. The Morgan fingerprint density at radius 2 is 2.14 bits per heavy atom. The van der Waals surface area contributed by atoms with Gasteiger partial charge in [0.15, 0.2) is 5.96 Å². The second kappa shape index (κ2) is 9.80. The number of aliphatic imine (C=N–C) groups is 1. The maximum Gasteiger partial charge on any atom is 0.191 e. The first-order chi connectivity index (χ1) is 10.2. The molecule has 0 bridgehead atoms. The van der Waals surface area contributed by atoms with Crippen molar-refractivity contribution in [2.45, 2.75) is 13.3 Å². The number of hydrogen-bond acceptors (Lipinski definition) is 2. The molecule has 0 radical (unpaired) electrons. The standard InChI is InChI=1S/C16H25FN4/c1-4-11-19-16(18-5-2)20-12-8-13-21(3)15-10-7-6-9-14(15)17/h4,6-7,9-10H,1,5,8,11-13H2,2-3H3,(H2,18,19,20). The van der Waals surface area contributed by atoms with Crippen LogP contribution in [0.1, 0.15) is 13.3 Å². The van der Waals surface area contributed by atoms with Gasteiger partial charge in [-0.1, -0.05) is 18.2 Å². The summed E-state index contributed by atoms with van der Waals surface area (Å²) >= 11 is 0. The molecule has 0 spiro atoms. The Labute approximate surface area is 126 Å². The van der Waals surface area contributed by atoms with Gasteiger partial charge in [0, 0.05) is 33.2 Å². The molecule has 4 nitrogen and oxygen atoms in total. The average Bonchev–Trinajstić information content (AvgIpc) is 2.49. The lowest BCUT2D eigenvalue weighted by Gasteiger charge is -2.19. The molecule has 0 unspecified atom stereocenters. The highest BCUT2D eigenvalue weighted by Gasteiger charge is 2.05. The Hall–Kier alpha value is -2.04. The van der Waals surface area contributed by atoms with Crippen molar-refractivity contribution in [1.29, 1.82) is 0 Å². The second-order valence-electron chi connectivity index (χ2n) is 4.66. The summed E-state index contributed by atoms with van der Waals surface area (Å²) < 4.78 is 13.6. The van der Waals surface area contributed by atoms with Crippen LogP contribution < -0.4 is 15.5 Å². The van der Waals surface area contributed by atoms with Crippen LogP contribution in [0, 0.1) is 5.82 Å². The highest BCUT2D eigenvalue weighted by Crippen LogP contribution is 2.16. The van der Waals surface area contributed by atoms with Crippen LogP contribution in [0.5, 0.6) is 0 Å². The fraction of sp³-hybridized carbons (Fsp3) is 0.438. The van der Waals surface area contributed by atoms with E-state index in [9.17, 15) is 4.39 Å². The number of anilines is 1. The Morgan fingerprint density at radius 1 is 1.38 bits per heavy atom. The molecule has 0 aromatic heterocycles. The van der Waals surface area contributed by atoms with Crippen LogP contribution in [0.4, 0.5) is 10.1 Å². The molecule has 1 aromatic rings. The Balaban J connectivity index is 2.41. The third-order valence-electron chi connectivity index (χ3n) is 2.94. The molecule has 0 atom stereocenters. The molecule has 0 amide bonds. The van der Waals surface area contributed by atoms with Gasteiger partial charge in [-0.3, -0.25) is 4.99 Å². The first-order valence-corrected chi connectivity index (χ1v) is 7.27. The number of nitrogens with zero attached hydrogens (tertiary/aromatic N) is 2. The van der Waals surface area contributed by atoms with Crippen LogP contribution in [0.25, 0.3) is 0 Å². The van der Waals surface area contributed by atoms with E-state index in [1.54, 1.807) is 18.2 Å². The van der Waals surface area contributed by atoms with E-state index >= 15 is 0 Å². The summed E-state index contributed by atoms with van der Waals surface area (Å²) in [5.74, 6) is 0.593. The highest BCUT2D eigenvalue weighted by molar-refractivity contribution is 5.79. The number of benzene rings is 1. The minimum Gasteiger partial charge on any atom is -0.372 e. The first kappa shape index (κ1) is 17.0. The van der Waals surface area contributed by atoms with E-state index in [4.69, 9.17) is 0 Å². The number of guanidine groups is 1. The van der Waals surface area contributed by atoms with E-state index in [1.807, 2.05) is 24.9 Å². The lowest BCUT2D eigenvalue weighted by atomic mass is 10.2. The van der Waals surface area contributed by atoms with Crippen LogP contribution in [-0.4, -0.2) is 39.2 Å². The summed E-state index contributed by atoms with van der Waals surface area (Å²) in [7, 11) is 1.89. The van der Waals surface area contributed by atoms with Crippen molar-refractivity contribution >= 4 is 11.6 Å². The zero-order chi connectivity index (χ0) is 15.5. The quantitative estimate of drug-likeness (QED) is 0.334. The number of nitrogens with one attached hydrogen (secondary N) is 2. The second-order valence-corrected chi connectivity index (χ2v) is 4.66. The molecule has 0 aliphatic heterocycles. The molecule has 0 saturated carbocycles. The smallest absolute Gasteiger partial charge is 0.191 e. The molecule has 5 heteroatoms. The van der Waals surface area contributed by atoms with Gasteiger partial charge in [-0.25, -0.2) is 4.39 Å². The van der Waals surface area contributed by atoms with Crippen molar-refractivity contribution in [3.05, 3.63) is 42.7 Å². The first-order valence-electron chi connectivity index (χ1n) is 7.27. The zero-order valence-electron chi connectivity index (χ0n) is 12.9. The van der Waals surface area contributed by atoms with E-state index < -0.39 is 0 Å². The average molecular weight is 292 g/mol. The summed E-state index contributed by atoms with van der Waals surface area (Å²) in [5.41, 5.74) is 0.623. The van der Waals surface area contributed by atoms with E-state index in [0.717, 1.165) is 25.5 Å². The Bertz CT molecular complexity index is 459. The van der Waals surface area contributed by atoms with Crippen LogP contribution in [0.3, 0.4) is 0 Å². The normalized spacial score (nSPS) is 11.1. The van der Waals surface area contributed by atoms with E-state index in [-0.39, 0.29) is 5.82 Å². The lowest BCUT2D eigenvalue weighted by molar-refractivity contribution is 0.620. The van der Waals surface area contributed by atoms with Gasteiger partial charge in [-0.15, -0.1) is 6.58 Å². The topological polar surface area (TPSA) is 39.7 Å². The van der Waals surface area contributed by atoms with Crippen molar-refractivity contribution in [2.75, 3.05) is 38.1 Å². The van der Waals surface area contributed by atoms with Gasteiger partial charge >= 0.3 is 0 Å². The molecule has 0 fully saturated rings. The van der Waals surface area contributed by atoms with E-state index in [2.05, 4.69) is 22.2 Å². The minimum atomic E-state index is -0.190. The number of halogens is 1. The minimum absolute atomic E-state index is 0.190. The fourth-order valence-electron chi connectivity index (χ4n) is 1.89. The van der Waals surface area contributed by atoms with E-state index in [0.29, 0.717) is 18.8 Å². The third kappa shape index (κ3) is 6.29. The van der Waals surface area contributed by atoms with Gasteiger partial charge in [0.2, 0.25) is 0 Å². The molecule has 1 rings (SSSR count). The molecule has 1 aromatic carbocycles. The van der Waals surface area contributed by atoms with Crippen molar-refractivity contribution in [3.63, 3.8) is 0 Å². The summed E-state index contributed by atoms with van der Waals surface area (Å²) in [6.45, 7) is 8.63. The molecular weight excluding hydrogens is 267 g/mol. The van der Waals surface area contributed by atoms with Crippen molar-refractivity contribution in [2.24, 2.45) is 4.99 Å². The van der Waals surface area contributed by atoms with E-state index in [1.165, 1.54) is 6.07 Å². The third-order valence-corrected chi connectivity index (χ3v) is 2.94.